The van der Waals surface area contributed by atoms with E-state index in [4.69, 9.17) is 9.84 Å². The van der Waals surface area contributed by atoms with E-state index in [0.29, 0.717) is 18.3 Å². The number of ether oxygens (including phenoxy) is 1. The van der Waals surface area contributed by atoms with Crippen LogP contribution in [0, 0.1) is 5.92 Å². The average molecular weight is 293 g/mol. The van der Waals surface area contributed by atoms with Gasteiger partial charge in [-0.3, -0.25) is 0 Å². The number of carboxylic acids is 1. The Balaban J connectivity index is 1.58. The Morgan fingerprint density at radius 1 is 1.19 bits per heavy atom. The maximum absolute atomic E-state index is 10.7. The Kier molecular flexibility index (Phi) is 6.02. The van der Waals surface area contributed by atoms with Crippen LogP contribution in [-0.2, 0) is 0 Å². The molecule has 0 amide bonds. The highest BCUT2D eigenvalue weighted by molar-refractivity contribution is 5.87. The van der Waals surface area contributed by atoms with Crippen molar-refractivity contribution in [1.29, 1.82) is 0 Å². The van der Waals surface area contributed by atoms with Crippen LogP contribution in [0.15, 0.2) is 24.3 Å². The first-order valence-electron chi connectivity index (χ1n) is 7.50. The fraction of sp³-hybridized carbons (Fsp3) is 0.562. The zero-order chi connectivity index (χ0) is 15.1. The molecule has 0 heterocycles. The molecule has 0 bridgehead atoms. The predicted octanol–water partition coefficient (Wildman–Crippen LogP) is 1.90. The smallest absolute Gasteiger partial charge is 0.335 e. The molecule has 5 nitrogen and oxygen atoms in total. The van der Waals surface area contributed by atoms with Gasteiger partial charge in [0.2, 0.25) is 0 Å². The van der Waals surface area contributed by atoms with Crippen LogP contribution < -0.4 is 10.1 Å². The fourth-order valence-electron chi connectivity index (χ4n) is 2.59. The molecular formula is C16H23NO4. The summed E-state index contributed by atoms with van der Waals surface area (Å²) in [6, 6.07) is 6.43. The standard InChI is InChI=1S/C16H23NO4/c18-14-5-1-12(2-6-14)11-17-9-10-21-15-7-3-13(4-8-15)16(19)20/h3-4,7-8,12,14,17-18H,1-2,5-6,9-11H2,(H,19,20). The van der Waals surface area contributed by atoms with Crippen LogP contribution >= 0.6 is 0 Å². The Labute approximate surface area is 124 Å². The second-order valence-electron chi connectivity index (χ2n) is 5.56. The number of rotatable bonds is 7. The summed E-state index contributed by atoms with van der Waals surface area (Å²) in [5, 5.41) is 21.6. The fourth-order valence-corrected chi connectivity index (χ4v) is 2.59. The number of aliphatic hydroxyl groups is 1. The van der Waals surface area contributed by atoms with Crippen molar-refractivity contribution >= 4 is 5.97 Å². The minimum absolute atomic E-state index is 0.0987. The van der Waals surface area contributed by atoms with Crippen molar-refractivity contribution in [3.05, 3.63) is 29.8 Å². The van der Waals surface area contributed by atoms with Gasteiger partial charge in [-0.25, -0.2) is 4.79 Å². The lowest BCUT2D eigenvalue weighted by atomic mass is 9.87. The number of hydrogen-bond acceptors (Lipinski definition) is 4. The second kappa shape index (κ2) is 8.00. The molecule has 1 aromatic carbocycles. The number of aliphatic hydroxyl groups excluding tert-OH is 1. The second-order valence-corrected chi connectivity index (χ2v) is 5.56. The van der Waals surface area contributed by atoms with Gasteiger partial charge in [0, 0.05) is 6.54 Å². The summed E-state index contributed by atoms with van der Waals surface area (Å²) in [5.74, 6) is 0.409. The Hall–Kier alpha value is -1.59. The molecule has 1 aromatic rings. The van der Waals surface area contributed by atoms with Gasteiger partial charge in [0.25, 0.3) is 0 Å². The normalized spacial score (nSPS) is 22.0. The Bertz CT molecular complexity index is 438. The lowest BCUT2D eigenvalue weighted by molar-refractivity contribution is 0.0697. The van der Waals surface area contributed by atoms with E-state index in [1.807, 2.05) is 0 Å². The summed E-state index contributed by atoms with van der Waals surface area (Å²) in [5.41, 5.74) is 0.264. The molecule has 0 aromatic heterocycles. The molecular weight excluding hydrogens is 270 g/mol. The first kappa shape index (κ1) is 15.8. The summed E-state index contributed by atoms with van der Waals surface area (Å²) in [7, 11) is 0. The third-order valence-electron chi connectivity index (χ3n) is 3.90. The lowest BCUT2D eigenvalue weighted by Gasteiger charge is -2.25. The maximum atomic E-state index is 10.7. The SMILES string of the molecule is O=C(O)c1ccc(OCCNCC2CCC(O)CC2)cc1. The van der Waals surface area contributed by atoms with Crippen LogP contribution in [0.2, 0.25) is 0 Å². The van der Waals surface area contributed by atoms with Crippen molar-refractivity contribution in [2.75, 3.05) is 19.7 Å². The number of hydrogen-bond donors (Lipinski definition) is 3. The van der Waals surface area contributed by atoms with Crippen LogP contribution in [0.5, 0.6) is 5.75 Å². The molecule has 1 aliphatic carbocycles. The third kappa shape index (κ3) is 5.36. The van der Waals surface area contributed by atoms with E-state index in [2.05, 4.69) is 5.32 Å². The van der Waals surface area contributed by atoms with E-state index in [0.717, 1.165) is 38.8 Å². The highest BCUT2D eigenvalue weighted by Gasteiger charge is 2.18. The molecule has 5 heteroatoms. The van der Waals surface area contributed by atoms with E-state index in [1.54, 1.807) is 24.3 Å². The molecule has 1 aliphatic rings. The molecule has 2 rings (SSSR count). The van der Waals surface area contributed by atoms with Crippen LogP contribution in [0.4, 0.5) is 0 Å². The molecule has 1 fully saturated rings. The molecule has 0 unspecified atom stereocenters. The molecule has 1 saturated carbocycles. The van der Waals surface area contributed by atoms with E-state index >= 15 is 0 Å². The van der Waals surface area contributed by atoms with Crippen molar-refractivity contribution in [3.63, 3.8) is 0 Å². The molecule has 3 N–H and O–H groups in total. The number of aromatic carboxylic acids is 1. The first-order chi connectivity index (χ1) is 10.1. The van der Waals surface area contributed by atoms with Gasteiger partial charge in [0.1, 0.15) is 12.4 Å². The van der Waals surface area contributed by atoms with Gasteiger partial charge >= 0.3 is 5.97 Å². The van der Waals surface area contributed by atoms with E-state index in [-0.39, 0.29) is 11.7 Å². The first-order valence-corrected chi connectivity index (χ1v) is 7.50. The average Bonchev–Trinajstić information content (AvgIpc) is 2.49. The van der Waals surface area contributed by atoms with Gasteiger partial charge < -0.3 is 20.3 Å². The number of carbonyl (C=O) groups is 1. The summed E-state index contributed by atoms with van der Waals surface area (Å²) in [6.45, 7) is 2.29. The minimum Gasteiger partial charge on any atom is -0.492 e. The molecule has 116 valence electrons. The van der Waals surface area contributed by atoms with Gasteiger partial charge in [0.05, 0.1) is 11.7 Å². The number of benzene rings is 1. The van der Waals surface area contributed by atoms with Crippen molar-refractivity contribution in [2.45, 2.75) is 31.8 Å². The van der Waals surface area contributed by atoms with E-state index in [9.17, 15) is 9.90 Å². The molecule has 0 radical (unpaired) electrons. The van der Waals surface area contributed by atoms with Gasteiger partial charge in [-0.2, -0.15) is 0 Å². The topological polar surface area (TPSA) is 78.8 Å². The summed E-state index contributed by atoms with van der Waals surface area (Å²) in [6.07, 6.45) is 3.91. The zero-order valence-electron chi connectivity index (χ0n) is 12.1. The van der Waals surface area contributed by atoms with Crippen LogP contribution in [0.1, 0.15) is 36.0 Å². The maximum Gasteiger partial charge on any atom is 0.335 e. The summed E-state index contributed by atoms with van der Waals surface area (Å²) in [4.78, 5) is 10.7. The van der Waals surface area contributed by atoms with Crippen molar-refractivity contribution < 1.29 is 19.7 Å². The lowest BCUT2D eigenvalue weighted by Crippen LogP contribution is -2.30. The molecule has 21 heavy (non-hydrogen) atoms. The molecule has 0 spiro atoms. The van der Waals surface area contributed by atoms with Crippen molar-refractivity contribution in [3.8, 4) is 5.75 Å². The van der Waals surface area contributed by atoms with E-state index < -0.39 is 5.97 Å². The monoisotopic (exact) mass is 293 g/mol. The highest BCUT2D eigenvalue weighted by Crippen LogP contribution is 2.23. The van der Waals surface area contributed by atoms with Gasteiger partial charge in [-0.05, 0) is 62.4 Å². The van der Waals surface area contributed by atoms with Crippen molar-refractivity contribution in [2.24, 2.45) is 5.92 Å². The Morgan fingerprint density at radius 3 is 2.48 bits per heavy atom. The predicted molar refractivity (Wildman–Crippen MR) is 79.7 cm³/mol. The quantitative estimate of drug-likeness (QED) is 0.669. The summed E-state index contributed by atoms with van der Waals surface area (Å²) >= 11 is 0. The molecule has 0 atom stereocenters. The number of carboxylic acid groups (broad SMARTS) is 1. The largest absolute Gasteiger partial charge is 0.492 e. The zero-order valence-corrected chi connectivity index (χ0v) is 12.1. The third-order valence-corrected chi connectivity index (χ3v) is 3.90. The minimum atomic E-state index is -0.930. The highest BCUT2D eigenvalue weighted by atomic mass is 16.5. The van der Waals surface area contributed by atoms with Gasteiger partial charge in [0.15, 0.2) is 0 Å². The van der Waals surface area contributed by atoms with Crippen LogP contribution in [-0.4, -0.2) is 42.0 Å². The molecule has 0 saturated heterocycles. The van der Waals surface area contributed by atoms with E-state index in [1.165, 1.54) is 0 Å². The van der Waals surface area contributed by atoms with Crippen LogP contribution in [0.25, 0.3) is 0 Å². The van der Waals surface area contributed by atoms with Gasteiger partial charge in [-0.1, -0.05) is 0 Å². The molecule has 0 aliphatic heterocycles. The van der Waals surface area contributed by atoms with Crippen LogP contribution in [0.3, 0.4) is 0 Å². The Morgan fingerprint density at radius 2 is 1.86 bits per heavy atom. The van der Waals surface area contributed by atoms with Gasteiger partial charge in [-0.15, -0.1) is 0 Å². The van der Waals surface area contributed by atoms with Crippen molar-refractivity contribution in [1.82, 2.24) is 5.32 Å². The summed E-state index contributed by atoms with van der Waals surface area (Å²) < 4.78 is 5.55. The number of nitrogens with one attached hydrogen (secondary N) is 1.